The Bertz CT molecular complexity index is 804. The number of piperazine rings is 1. The highest BCUT2D eigenvalue weighted by atomic mass is 35.5. The summed E-state index contributed by atoms with van der Waals surface area (Å²) in [5.41, 5.74) is 2.02. The van der Waals surface area contributed by atoms with Gasteiger partial charge >= 0.3 is 0 Å². The van der Waals surface area contributed by atoms with Crippen LogP contribution >= 0.6 is 11.6 Å². The highest BCUT2D eigenvalue weighted by molar-refractivity contribution is 6.30. The molecule has 0 aliphatic carbocycles. The van der Waals surface area contributed by atoms with Crippen molar-refractivity contribution in [3.05, 3.63) is 59.4 Å². The van der Waals surface area contributed by atoms with Gasteiger partial charge in [-0.05, 0) is 43.3 Å². The number of hydrogen-bond acceptors (Lipinski definition) is 4. The predicted molar refractivity (Wildman–Crippen MR) is 117 cm³/mol. The fourth-order valence-electron chi connectivity index (χ4n) is 3.13. The Kier molecular flexibility index (Phi) is 7.69. The van der Waals surface area contributed by atoms with Gasteiger partial charge in [-0.25, -0.2) is 4.99 Å². The van der Waals surface area contributed by atoms with Gasteiger partial charge in [-0.1, -0.05) is 17.7 Å². The van der Waals surface area contributed by atoms with Crippen molar-refractivity contribution in [1.29, 1.82) is 0 Å². The number of guanidine groups is 1. The minimum absolute atomic E-state index is 0.0733. The largest absolute Gasteiger partial charge is 0.368 e. The summed E-state index contributed by atoms with van der Waals surface area (Å²) in [7, 11) is 0. The summed E-state index contributed by atoms with van der Waals surface area (Å²) in [6, 6.07) is 13.6. The molecule has 2 N–H and O–H groups in total. The van der Waals surface area contributed by atoms with Crippen LogP contribution in [0.25, 0.3) is 0 Å². The van der Waals surface area contributed by atoms with Crippen molar-refractivity contribution in [3.63, 3.8) is 0 Å². The van der Waals surface area contributed by atoms with E-state index in [4.69, 9.17) is 11.6 Å². The van der Waals surface area contributed by atoms with E-state index in [1.807, 2.05) is 54.3 Å². The summed E-state index contributed by atoms with van der Waals surface area (Å²) in [5, 5.41) is 7.03. The summed E-state index contributed by atoms with van der Waals surface area (Å²) >= 11 is 5.96. The van der Waals surface area contributed by atoms with Crippen LogP contribution in [0.3, 0.4) is 0 Å². The molecular weight excluding hydrogens is 388 g/mol. The summed E-state index contributed by atoms with van der Waals surface area (Å²) in [4.78, 5) is 25.5. The second-order valence-electron chi connectivity index (χ2n) is 6.71. The van der Waals surface area contributed by atoms with Crippen LogP contribution < -0.4 is 15.5 Å². The van der Waals surface area contributed by atoms with E-state index >= 15 is 0 Å². The van der Waals surface area contributed by atoms with E-state index in [0.29, 0.717) is 25.6 Å². The van der Waals surface area contributed by atoms with E-state index in [9.17, 15) is 4.79 Å². The molecule has 0 bridgehead atoms. The van der Waals surface area contributed by atoms with Gasteiger partial charge in [-0.15, -0.1) is 0 Å². The van der Waals surface area contributed by atoms with Gasteiger partial charge in [0.2, 0.25) is 5.91 Å². The molecule has 3 rings (SSSR count). The zero-order valence-electron chi connectivity index (χ0n) is 16.6. The maximum Gasteiger partial charge on any atom is 0.242 e. The Labute approximate surface area is 176 Å². The van der Waals surface area contributed by atoms with Crippen molar-refractivity contribution in [2.45, 2.75) is 13.5 Å². The normalized spacial score (nSPS) is 14.6. The van der Waals surface area contributed by atoms with E-state index in [-0.39, 0.29) is 12.5 Å². The Balaban J connectivity index is 1.47. The molecule has 2 heterocycles. The first-order chi connectivity index (χ1) is 14.2. The Morgan fingerprint density at radius 3 is 2.52 bits per heavy atom. The molecule has 1 aliphatic rings. The molecule has 1 aliphatic heterocycles. The highest BCUT2D eigenvalue weighted by Gasteiger charge is 2.21. The lowest BCUT2D eigenvalue weighted by atomic mass is 10.2. The van der Waals surface area contributed by atoms with E-state index in [2.05, 4.69) is 25.5 Å². The van der Waals surface area contributed by atoms with Gasteiger partial charge in [0.1, 0.15) is 0 Å². The monoisotopic (exact) mass is 414 g/mol. The molecule has 1 aromatic heterocycles. The number of rotatable bonds is 6. The summed E-state index contributed by atoms with van der Waals surface area (Å²) in [6.45, 7) is 6.41. The molecule has 0 radical (unpaired) electrons. The fraction of sp³-hybridized carbons (Fsp3) is 0.381. The Morgan fingerprint density at radius 2 is 1.86 bits per heavy atom. The molecule has 7 nitrogen and oxygen atoms in total. The number of anilines is 1. The zero-order valence-corrected chi connectivity index (χ0v) is 17.4. The van der Waals surface area contributed by atoms with Crippen molar-refractivity contribution >= 4 is 29.2 Å². The van der Waals surface area contributed by atoms with Crippen LogP contribution in [0, 0.1) is 0 Å². The number of nitrogens with one attached hydrogen (secondary N) is 2. The molecule has 29 heavy (non-hydrogen) atoms. The van der Waals surface area contributed by atoms with Crippen LogP contribution in [0.2, 0.25) is 5.02 Å². The van der Waals surface area contributed by atoms with Crippen LogP contribution in [0.4, 0.5) is 5.69 Å². The number of benzene rings is 1. The lowest BCUT2D eigenvalue weighted by Crippen LogP contribution is -2.52. The van der Waals surface area contributed by atoms with Crippen LogP contribution in [-0.4, -0.2) is 61.0 Å². The van der Waals surface area contributed by atoms with Gasteiger partial charge in [0, 0.05) is 49.6 Å². The number of carbonyl (C=O) groups excluding carboxylic acids is 1. The summed E-state index contributed by atoms with van der Waals surface area (Å²) < 4.78 is 0. The van der Waals surface area contributed by atoms with Crippen molar-refractivity contribution < 1.29 is 4.79 Å². The standard InChI is InChI=1S/C21H27ClN6O/c1-2-23-21(25-15-18-5-3-4-10-24-18)26-16-20(29)28-13-11-27(12-14-28)19-8-6-17(22)7-9-19/h3-10H,2,11-16H2,1H3,(H2,23,25,26). The molecule has 1 aromatic carbocycles. The van der Waals surface area contributed by atoms with Crippen LogP contribution in [0.15, 0.2) is 53.7 Å². The number of halogens is 1. The number of hydrogen-bond donors (Lipinski definition) is 2. The van der Waals surface area contributed by atoms with Gasteiger partial charge in [0.15, 0.2) is 5.96 Å². The fourth-order valence-corrected chi connectivity index (χ4v) is 3.26. The third kappa shape index (κ3) is 6.35. The Hall–Kier alpha value is -2.80. The zero-order chi connectivity index (χ0) is 20.5. The predicted octanol–water partition coefficient (Wildman–Crippen LogP) is 2.14. The summed E-state index contributed by atoms with van der Waals surface area (Å²) in [5.74, 6) is 0.690. The third-order valence-corrected chi connectivity index (χ3v) is 4.95. The minimum atomic E-state index is 0.0733. The molecule has 0 saturated carbocycles. The molecule has 0 spiro atoms. The maximum atomic E-state index is 12.6. The quantitative estimate of drug-likeness (QED) is 0.559. The number of carbonyl (C=O) groups is 1. The highest BCUT2D eigenvalue weighted by Crippen LogP contribution is 2.19. The minimum Gasteiger partial charge on any atom is -0.368 e. The molecule has 0 atom stereocenters. The molecule has 1 amide bonds. The van der Waals surface area contributed by atoms with Crippen LogP contribution in [-0.2, 0) is 11.3 Å². The average Bonchev–Trinajstić information content (AvgIpc) is 2.77. The molecule has 8 heteroatoms. The Morgan fingerprint density at radius 1 is 1.10 bits per heavy atom. The molecule has 154 valence electrons. The molecule has 2 aromatic rings. The molecule has 1 fully saturated rings. The molecular formula is C21H27ClN6O. The van der Waals surface area contributed by atoms with Gasteiger partial charge in [-0.2, -0.15) is 0 Å². The number of amides is 1. The third-order valence-electron chi connectivity index (χ3n) is 4.70. The van der Waals surface area contributed by atoms with Crippen LogP contribution in [0.1, 0.15) is 12.6 Å². The second-order valence-corrected chi connectivity index (χ2v) is 7.15. The number of aromatic nitrogens is 1. The van der Waals surface area contributed by atoms with Crippen molar-refractivity contribution in [2.75, 3.05) is 44.2 Å². The number of pyridine rings is 1. The van der Waals surface area contributed by atoms with E-state index < -0.39 is 0 Å². The van der Waals surface area contributed by atoms with Crippen molar-refractivity contribution in [2.24, 2.45) is 4.99 Å². The summed E-state index contributed by atoms with van der Waals surface area (Å²) in [6.07, 6.45) is 1.75. The van der Waals surface area contributed by atoms with E-state index in [0.717, 1.165) is 36.0 Å². The smallest absolute Gasteiger partial charge is 0.242 e. The average molecular weight is 415 g/mol. The van der Waals surface area contributed by atoms with Gasteiger partial charge in [-0.3, -0.25) is 9.78 Å². The number of aliphatic imine (C=N–C) groups is 1. The SMILES string of the molecule is CCNC(=NCc1ccccn1)NCC(=O)N1CCN(c2ccc(Cl)cc2)CC1. The van der Waals surface area contributed by atoms with E-state index in [1.165, 1.54) is 0 Å². The molecule has 0 unspecified atom stereocenters. The van der Waals surface area contributed by atoms with E-state index in [1.54, 1.807) is 6.20 Å². The lowest BCUT2D eigenvalue weighted by molar-refractivity contribution is -0.130. The first-order valence-electron chi connectivity index (χ1n) is 9.86. The van der Waals surface area contributed by atoms with Crippen LogP contribution in [0.5, 0.6) is 0 Å². The van der Waals surface area contributed by atoms with Gasteiger partial charge in [0.25, 0.3) is 0 Å². The topological polar surface area (TPSA) is 72.9 Å². The maximum absolute atomic E-state index is 12.6. The van der Waals surface area contributed by atoms with Gasteiger partial charge in [0.05, 0.1) is 18.8 Å². The van der Waals surface area contributed by atoms with Gasteiger partial charge < -0.3 is 20.4 Å². The molecule has 1 saturated heterocycles. The first kappa shape index (κ1) is 20.9. The van der Waals surface area contributed by atoms with Crippen molar-refractivity contribution in [1.82, 2.24) is 20.5 Å². The lowest BCUT2D eigenvalue weighted by Gasteiger charge is -2.36. The first-order valence-corrected chi connectivity index (χ1v) is 10.2. The van der Waals surface area contributed by atoms with Crippen molar-refractivity contribution in [3.8, 4) is 0 Å². The second kappa shape index (κ2) is 10.7. The number of nitrogens with zero attached hydrogens (tertiary/aromatic N) is 4.